The molecule has 1 aromatic rings. The van der Waals surface area contributed by atoms with Gasteiger partial charge in [-0.15, -0.1) is 0 Å². The normalized spacial score (nSPS) is 15.0. The molecule has 0 bridgehead atoms. The minimum atomic E-state index is -3.60. The van der Waals surface area contributed by atoms with Gasteiger partial charge in [-0.2, -0.15) is 0 Å². The van der Waals surface area contributed by atoms with E-state index >= 15 is 0 Å². The van der Waals surface area contributed by atoms with E-state index in [2.05, 4.69) is 4.72 Å². The largest absolute Gasteiger partial charge is 0.389 e. The molecule has 2 unspecified atom stereocenters. The van der Waals surface area contributed by atoms with E-state index in [-0.39, 0.29) is 10.9 Å². The van der Waals surface area contributed by atoms with Gasteiger partial charge in [0.25, 0.3) is 0 Å². The number of rotatable bonds is 8. The summed E-state index contributed by atoms with van der Waals surface area (Å²) in [5, 5.41) is 9.53. The van der Waals surface area contributed by atoms with Crippen molar-refractivity contribution in [3.63, 3.8) is 0 Å². The Morgan fingerprint density at radius 3 is 2.65 bits per heavy atom. The van der Waals surface area contributed by atoms with Crippen LogP contribution in [0.4, 0.5) is 0 Å². The SMILES string of the molecule is CCCC(COC)NS(=O)(=O)c1cccc(C(C)O)c1. The summed E-state index contributed by atoms with van der Waals surface area (Å²) in [5.74, 6) is 0. The molecule has 0 spiro atoms. The second-order valence-electron chi connectivity index (χ2n) is 4.81. The summed E-state index contributed by atoms with van der Waals surface area (Å²) in [5.41, 5.74) is 0.576. The summed E-state index contributed by atoms with van der Waals surface area (Å²) >= 11 is 0. The second-order valence-corrected chi connectivity index (χ2v) is 6.52. The average molecular weight is 301 g/mol. The number of methoxy groups -OCH3 is 1. The number of hydrogen-bond donors (Lipinski definition) is 2. The minimum Gasteiger partial charge on any atom is -0.389 e. The van der Waals surface area contributed by atoms with E-state index in [0.29, 0.717) is 18.6 Å². The summed E-state index contributed by atoms with van der Waals surface area (Å²) < 4.78 is 32.3. The molecule has 0 aliphatic carbocycles. The molecule has 0 saturated carbocycles. The Kier molecular flexibility index (Phi) is 6.61. The number of sulfonamides is 1. The number of benzene rings is 1. The molecule has 5 nitrogen and oxygen atoms in total. The standard InChI is InChI=1S/C14H23NO4S/c1-4-6-13(10-19-3)15-20(17,18)14-8-5-7-12(9-14)11(2)16/h5,7-9,11,13,15-16H,4,6,10H2,1-3H3. The van der Waals surface area contributed by atoms with Crippen molar-refractivity contribution in [2.75, 3.05) is 13.7 Å². The van der Waals surface area contributed by atoms with Gasteiger partial charge in [-0.3, -0.25) is 0 Å². The quantitative estimate of drug-likeness (QED) is 0.768. The molecule has 0 amide bonds. The molecule has 0 fully saturated rings. The van der Waals surface area contributed by atoms with Gasteiger partial charge in [0.2, 0.25) is 10.0 Å². The van der Waals surface area contributed by atoms with Crippen LogP contribution in [0.25, 0.3) is 0 Å². The zero-order valence-electron chi connectivity index (χ0n) is 12.2. The third-order valence-electron chi connectivity index (χ3n) is 2.98. The molecule has 20 heavy (non-hydrogen) atoms. The van der Waals surface area contributed by atoms with Crippen LogP contribution in [0.5, 0.6) is 0 Å². The molecule has 0 aliphatic rings. The van der Waals surface area contributed by atoms with E-state index in [1.807, 2.05) is 6.92 Å². The van der Waals surface area contributed by atoms with Crippen molar-refractivity contribution >= 4 is 10.0 Å². The minimum absolute atomic E-state index is 0.160. The molecule has 0 saturated heterocycles. The molecular weight excluding hydrogens is 278 g/mol. The fourth-order valence-corrected chi connectivity index (χ4v) is 3.26. The van der Waals surface area contributed by atoms with Gasteiger partial charge in [0.1, 0.15) is 0 Å². The first kappa shape index (κ1) is 17.1. The number of aliphatic hydroxyl groups excluding tert-OH is 1. The van der Waals surface area contributed by atoms with Crippen molar-refractivity contribution in [3.05, 3.63) is 29.8 Å². The summed E-state index contributed by atoms with van der Waals surface area (Å²) in [6.45, 7) is 3.93. The third kappa shape index (κ3) is 4.86. The van der Waals surface area contributed by atoms with E-state index < -0.39 is 16.1 Å². The Hall–Kier alpha value is -0.950. The van der Waals surface area contributed by atoms with E-state index in [4.69, 9.17) is 4.74 Å². The molecule has 114 valence electrons. The topological polar surface area (TPSA) is 75.6 Å². The summed E-state index contributed by atoms with van der Waals surface area (Å²) in [4.78, 5) is 0.160. The second kappa shape index (κ2) is 7.73. The summed E-state index contributed by atoms with van der Waals surface area (Å²) in [6.07, 6.45) is 0.878. The van der Waals surface area contributed by atoms with Crippen molar-refractivity contribution in [3.8, 4) is 0 Å². The van der Waals surface area contributed by atoms with Crippen LogP contribution in [0, 0.1) is 0 Å². The fourth-order valence-electron chi connectivity index (χ4n) is 1.95. The first-order valence-corrected chi connectivity index (χ1v) is 8.18. The Morgan fingerprint density at radius 1 is 1.40 bits per heavy atom. The van der Waals surface area contributed by atoms with Gasteiger partial charge in [-0.1, -0.05) is 25.5 Å². The van der Waals surface area contributed by atoms with Crippen molar-refractivity contribution in [2.24, 2.45) is 0 Å². The molecule has 0 heterocycles. The van der Waals surface area contributed by atoms with Crippen LogP contribution < -0.4 is 4.72 Å². The number of aliphatic hydroxyl groups is 1. The average Bonchev–Trinajstić information content (AvgIpc) is 2.39. The lowest BCUT2D eigenvalue weighted by atomic mass is 10.1. The lowest BCUT2D eigenvalue weighted by Crippen LogP contribution is -2.37. The Bertz CT molecular complexity index is 508. The predicted octanol–water partition coefficient (Wildman–Crippen LogP) is 1.83. The van der Waals surface area contributed by atoms with Crippen molar-refractivity contribution < 1.29 is 18.3 Å². The van der Waals surface area contributed by atoms with Crippen LogP contribution in [0.3, 0.4) is 0 Å². The van der Waals surface area contributed by atoms with Crippen molar-refractivity contribution in [2.45, 2.75) is 43.7 Å². The maximum absolute atomic E-state index is 12.3. The highest BCUT2D eigenvalue weighted by molar-refractivity contribution is 7.89. The van der Waals surface area contributed by atoms with E-state index in [1.165, 1.54) is 12.1 Å². The summed E-state index contributed by atoms with van der Waals surface area (Å²) in [7, 11) is -2.05. The third-order valence-corrected chi connectivity index (χ3v) is 4.50. The number of nitrogens with one attached hydrogen (secondary N) is 1. The Labute approximate surface area is 121 Å². The van der Waals surface area contributed by atoms with Gasteiger partial charge < -0.3 is 9.84 Å². The Balaban J connectivity index is 2.94. The van der Waals surface area contributed by atoms with Gasteiger partial charge >= 0.3 is 0 Å². The number of ether oxygens (including phenoxy) is 1. The molecule has 0 aliphatic heterocycles. The van der Waals surface area contributed by atoms with Gasteiger partial charge in [-0.25, -0.2) is 13.1 Å². The molecule has 2 atom stereocenters. The van der Waals surface area contributed by atoms with Crippen LogP contribution in [-0.2, 0) is 14.8 Å². The molecule has 0 aromatic heterocycles. The van der Waals surface area contributed by atoms with E-state index in [1.54, 1.807) is 26.2 Å². The maximum atomic E-state index is 12.3. The molecular formula is C14H23NO4S. The maximum Gasteiger partial charge on any atom is 0.240 e. The van der Waals surface area contributed by atoms with Crippen LogP contribution in [0.2, 0.25) is 0 Å². The zero-order chi connectivity index (χ0) is 15.2. The highest BCUT2D eigenvalue weighted by atomic mass is 32.2. The highest BCUT2D eigenvalue weighted by Gasteiger charge is 2.20. The zero-order valence-corrected chi connectivity index (χ0v) is 13.0. The lowest BCUT2D eigenvalue weighted by molar-refractivity contribution is 0.171. The molecule has 0 radical (unpaired) electrons. The highest BCUT2D eigenvalue weighted by Crippen LogP contribution is 2.17. The monoisotopic (exact) mass is 301 g/mol. The van der Waals surface area contributed by atoms with Gasteiger partial charge in [0.15, 0.2) is 0 Å². The van der Waals surface area contributed by atoms with E-state index in [0.717, 1.165) is 6.42 Å². The predicted molar refractivity (Wildman–Crippen MR) is 78.0 cm³/mol. The van der Waals surface area contributed by atoms with Crippen LogP contribution in [0.15, 0.2) is 29.2 Å². The van der Waals surface area contributed by atoms with Crippen LogP contribution in [0.1, 0.15) is 38.4 Å². The molecule has 6 heteroatoms. The fraction of sp³-hybridized carbons (Fsp3) is 0.571. The van der Waals surface area contributed by atoms with Crippen molar-refractivity contribution in [1.82, 2.24) is 4.72 Å². The Morgan fingerprint density at radius 2 is 2.10 bits per heavy atom. The van der Waals surface area contributed by atoms with Crippen molar-refractivity contribution in [1.29, 1.82) is 0 Å². The van der Waals surface area contributed by atoms with Crippen LogP contribution >= 0.6 is 0 Å². The van der Waals surface area contributed by atoms with Gasteiger partial charge in [0.05, 0.1) is 17.6 Å². The molecule has 1 aromatic carbocycles. The first-order valence-electron chi connectivity index (χ1n) is 6.70. The first-order chi connectivity index (χ1) is 9.40. The smallest absolute Gasteiger partial charge is 0.240 e. The summed E-state index contributed by atoms with van der Waals surface area (Å²) in [6, 6.07) is 6.09. The molecule has 1 rings (SSSR count). The van der Waals surface area contributed by atoms with E-state index in [9.17, 15) is 13.5 Å². The van der Waals surface area contributed by atoms with Gasteiger partial charge in [0, 0.05) is 13.2 Å². The lowest BCUT2D eigenvalue weighted by Gasteiger charge is -2.17. The molecule has 2 N–H and O–H groups in total. The van der Waals surface area contributed by atoms with Gasteiger partial charge in [-0.05, 0) is 31.0 Å². The number of hydrogen-bond acceptors (Lipinski definition) is 4. The van der Waals surface area contributed by atoms with Crippen LogP contribution in [-0.4, -0.2) is 33.3 Å².